The number of halogens is 4. The first kappa shape index (κ1) is 25.9. The number of rotatable bonds is 6. The Balaban J connectivity index is 1.90. The maximum atomic E-state index is 13.5. The zero-order valence-electron chi connectivity index (χ0n) is 19.8. The van der Waals surface area contributed by atoms with Gasteiger partial charge in [-0.25, -0.2) is 14.2 Å². The molecule has 3 aromatic rings. The van der Waals surface area contributed by atoms with Crippen molar-refractivity contribution < 1.29 is 27.2 Å². The molecule has 0 aliphatic heterocycles. The number of hydrogen-bond acceptors (Lipinski definition) is 6. The van der Waals surface area contributed by atoms with Gasteiger partial charge in [0.05, 0.1) is 27.9 Å². The maximum Gasteiger partial charge on any atom is 0.419 e. The minimum Gasteiger partial charge on any atom is -0.372 e. The van der Waals surface area contributed by atoms with Gasteiger partial charge in [0, 0.05) is 39.1 Å². The normalized spacial score (nSPS) is 11.7. The number of nitrogens with one attached hydrogen (secondary N) is 2. The number of alkyl halides is 3. The van der Waals surface area contributed by atoms with E-state index >= 15 is 0 Å². The molecule has 0 saturated carbocycles. The Morgan fingerprint density at radius 3 is 2.46 bits per heavy atom. The van der Waals surface area contributed by atoms with Gasteiger partial charge in [-0.2, -0.15) is 18.3 Å². The highest BCUT2D eigenvalue weighted by Crippen LogP contribution is 2.33. The Labute approximate surface area is 198 Å². The van der Waals surface area contributed by atoms with Crippen LogP contribution in [0.2, 0.25) is 0 Å². The Morgan fingerprint density at radius 1 is 1.14 bits per heavy atom. The molecule has 13 heteroatoms. The summed E-state index contributed by atoms with van der Waals surface area (Å²) in [6.07, 6.45) is -3.63. The minimum absolute atomic E-state index is 0.0834. The molecule has 9 nitrogen and oxygen atoms in total. The molecule has 2 N–H and O–H groups in total. The summed E-state index contributed by atoms with van der Waals surface area (Å²) in [5, 5.41) is 9.23. The molecule has 0 aliphatic carbocycles. The molecule has 0 fully saturated rings. The SMILES string of the molecule is Cc1nn(C)c2ncc(C(=O)NC(=O)Nc3ccc(F)c(C(F)(F)F)c3)c(N(C)CCN(C)C)c12. The fraction of sp³-hybridized carbons (Fsp3) is 0.364. The van der Waals surface area contributed by atoms with Gasteiger partial charge in [-0.15, -0.1) is 0 Å². The summed E-state index contributed by atoms with van der Waals surface area (Å²) in [5.74, 6) is -2.29. The molecule has 0 aliphatic rings. The van der Waals surface area contributed by atoms with E-state index < -0.39 is 29.5 Å². The second-order valence-electron chi connectivity index (χ2n) is 8.25. The van der Waals surface area contributed by atoms with Crippen molar-refractivity contribution in [3.05, 3.63) is 47.0 Å². The Bertz CT molecular complexity index is 1270. The molecule has 1 aromatic carbocycles. The van der Waals surface area contributed by atoms with Crippen molar-refractivity contribution in [2.45, 2.75) is 13.1 Å². The molecule has 0 radical (unpaired) electrons. The van der Waals surface area contributed by atoms with Crippen LogP contribution in [0.25, 0.3) is 11.0 Å². The smallest absolute Gasteiger partial charge is 0.372 e. The number of anilines is 2. The summed E-state index contributed by atoms with van der Waals surface area (Å²) in [7, 11) is 7.32. The predicted octanol–water partition coefficient (Wildman–Crippen LogP) is 3.39. The van der Waals surface area contributed by atoms with E-state index in [2.05, 4.69) is 20.7 Å². The number of aryl methyl sites for hydroxylation is 2. The van der Waals surface area contributed by atoms with Crippen LogP contribution >= 0.6 is 0 Å². The number of fused-ring (bicyclic) bond motifs is 1. The molecule has 3 rings (SSSR count). The van der Waals surface area contributed by atoms with E-state index in [4.69, 9.17) is 0 Å². The average molecular weight is 495 g/mol. The molecule has 0 atom stereocenters. The molecule has 0 bridgehead atoms. The van der Waals surface area contributed by atoms with Crippen LogP contribution in [0.15, 0.2) is 24.4 Å². The first-order chi connectivity index (χ1) is 16.3. The van der Waals surface area contributed by atoms with Crippen LogP contribution < -0.4 is 15.5 Å². The van der Waals surface area contributed by atoms with Crippen LogP contribution in [-0.4, -0.2) is 65.8 Å². The number of carbonyl (C=O) groups is 2. The van der Waals surface area contributed by atoms with Crippen molar-refractivity contribution in [2.24, 2.45) is 7.05 Å². The molecule has 35 heavy (non-hydrogen) atoms. The Kier molecular flexibility index (Phi) is 7.29. The monoisotopic (exact) mass is 495 g/mol. The van der Waals surface area contributed by atoms with E-state index in [0.717, 1.165) is 6.07 Å². The van der Waals surface area contributed by atoms with Gasteiger partial charge in [-0.05, 0) is 39.2 Å². The van der Waals surface area contributed by atoms with E-state index in [0.29, 0.717) is 47.6 Å². The molecule has 2 heterocycles. The summed E-state index contributed by atoms with van der Waals surface area (Å²) < 4.78 is 53.9. The summed E-state index contributed by atoms with van der Waals surface area (Å²) in [6.45, 7) is 2.99. The van der Waals surface area contributed by atoms with Crippen molar-refractivity contribution in [3.63, 3.8) is 0 Å². The number of benzene rings is 1. The lowest BCUT2D eigenvalue weighted by Gasteiger charge is -2.24. The molecule has 3 amide bonds. The fourth-order valence-electron chi connectivity index (χ4n) is 3.57. The van der Waals surface area contributed by atoms with E-state index in [1.54, 1.807) is 25.7 Å². The van der Waals surface area contributed by atoms with E-state index in [-0.39, 0.29) is 11.3 Å². The van der Waals surface area contributed by atoms with Gasteiger partial charge in [0.25, 0.3) is 5.91 Å². The summed E-state index contributed by atoms with van der Waals surface area (Å²) in [5.41, 5.74) is -0.0980. The standard InChI is InChI=1S/C22H25F4N7O2/c1-12-17-18(32(4)9-8-31(2)3)14(11-27-19(17)33(5)30-12)20(34)29-21(35)28-13-6-7-16(23)15(10-13)22(24,25)26/h6-7,10-11H,8-9H2,1-5H3,(H2,28,29,34,35). The van der Waals surface area contributed by atoms with Gasteiger partial charge in [0.1, 0.15) is 5.82 Å². The largest absolute Gasteiger partial charge is 0.419 e. The average Bonchev–Trinajstić information content (AvgIpc) is 3.05. The number of urea groups is 1. The number of amides is 3. The quantitative estimate of drug-likeness (QED) is 0.509. The third-order valence-corrected chi connectivity index (χ3v) is 5.27. The van der Waals surface area contributed by atoms with Crippen LogP contribution in [0.3, 0.4) is 0 Å². The summed E-state index contributed by atoms with van der Waals surface area (Å²) in [6, 6.07) is 0.912. The van der Waals surface area contributed by atoms with Gasteiger partial charge >= 0.3 is 12.2 Å². The summed E-state index contributed by atoms with van der Waals surface area (Å²) >= 11 is 0. The highest BCUT2D eigenvalue weighted by molar-refractivity contribution is 6.13. The number of carbonyl (C=O) groups excluding carboxylic acids is 2. The zero-order valence-corrected chi connectivity index (χ0v) is 19.8. The lowest BCUT2D eigenvalue weighted by atomic mass is 10.1. The van der Waals surface area contributed by atoms with Crippen molar-refractivity contribution in [1.82, 2.24) is 25.0 Å². The van der Waals surface area contributed by atoms with Crippen LogP contribution in [-0.2, 0) is 13.2 Å². The number of nitrogens with zero attached hydrogens (tertiary/aromatic N) is 5. The third kappa shape index (κ3) is 5.67. The van der Waals surface area contributed by atoms with E-state index in [9.17, 15) is 27.2 Å². The van der Waals surface area contributed by atoms with Gasteiger partial charge in [-0.3, -0.25) is 14.8 Å². The van der Waals surface area contributed by atoms with E-state index in [1.807, 2.05) is 23.9 Å². The Morgan fingerprint density at radius 2 is 1.83 bits per heavy atom. The highest BCUT2D eigenvalue weighted by atomic mass is 19.4. The first-order valence-electron chi connectivity index (χ1n) is 10.5. The number of imide groups is 1. The molecule has 0 saturated heterocycles. The number of pyridine rings is 1. The second kappa shape index (κ2) is 9.86. The van der Waals surface area contributed by atoms with Gasteiger partial charge < -0.3 is 15.1 Å². The molecule has 188 valence electrons. The fourth-order valence-corrected chi connectivity index (χ4v) is 3.57. The summed E-state index contributed by atoms with van der Waals surface area (Å²) in [4.78, 5) is 33.6. The highest BCUT2D eigenvalue weighted by Gasteiger charge is 2.34. The topological polar surface area (TPSA) is 95.4 Å². The van der Waals surface area contributed by atoms with Crippen molar-refractivity contribution >= 4 is 34.3 Å². The van der Waals surface area contributed by atoms with Gasteiger partial charge in [0.15, 0.2) is 5.65 Å². The lowest BCUT2D eigenvalue weighted by molar-refractivity contribution is -0.139. The van der Waals surface area contributed by atoms with Crippen LogP contribution in [0, 0.1) is 12.7 Å². The minimum atomic E-state index is -4.94. The predicted molar refractivity (Wildman–Crippen MR) is 123 cm³/mol. The van der Waals surface area contributed by atoms with Crippen LogP contribution in [0.1, 0.15) is 21.6 Å². The van der Waals surface area contributed by atoms with Crippen LogP contribution in [0.5, 0.6) is 0 Å². The number of aromatic nitrogens is 3. The molecule has 0 unspecified atom stereocenters. The molecule has 0 spiro atoms. The lowest BCUT2D eigenvalue weighted by Crippen LogP contribution is -2.36. The molecular weight excluding hydrogens is 470 g/mol. The van der Waals surface area contributed by atoms with Crippen LogP contribution in [0.4, 0.5) is 33.7 Å². The molecular formula is C22H25F4N7O2. The van der Waals surface area contributed by atoms with Gasteiger partial charge in [-0.1, -0.05) is 0 Å². The van der Waals surface area contributed by atoms with Crippen molar-refractivity contribution in [1.29, 1.82) is 0 Å². The first-order valence-corrected chi connectivity index (χ1v) is 10.5. The van der Waals surface area contributed by atoms with Crippen molar-refractivity contribution in [2.75, 3.05) is 44.4 Å². The number of hydrogen-bond donors (Lipinski definition) is 2. The van der Waals surface area contributed by atoms with E-state index in [1.165, 1.54) is 6.20 Å². The zero-order chi connectivity index (χ0) is 26.1. The third-order valence-electron chi connectivity index (χ3n) is 5.27. The maximum absolute atomic E-state index is 13.5. The number of likely N-dealkylation sites (N-methyl/N-ethyl adjacent to an activating group) is 2. The molecule has 2 aromatic heterocycles. The second-order valence-corrected chi connectivity index (χ2v) is 8.25. The van der Waals surface area contributed by atoms with Gasteiger partial charge in [0.2, 0.25) is 0 Å². The van der Waals surface area contributed by atoms with Crippen molar-refractivity contribution in [3.8, 4) is 0 Å². The Hall–Kier alpha value is -3.74.